The standard InChI is InChI=1S/C22H22N4O2/c27-21(23-18-11-5-2-6-12-18)17-10-7-13-26(15-17)22(28)20-14-19(24-25-20)16-8-3-1-4-9-16/h1-6,8-9,11-12,14,17H,7,10,13,15H2,(H,23,27)(H,24,25). The Labute approximate surface area is 163 Å². The molecule has 2 amide bonds. The van der Waals surface area contributed by atoms with Crippen molar-refractivity contribution >= 4 is 17.5 Å². The minimum absolute atomic E-state index is 0.0433. The lowest BCUT2D eigenvalue weighted by Crippen LogP contribution is -2.43. The van der Waals surface area contributed by atoms with Crippen molar-refractivity contribution in [2.75, 3.05) is 18.4 Å². The SMILES string of the molecule is O=C(Nc1ccccc1)C1CCCN(C(=O)c2cc(-c3ccccc3)n[nH]2)C1. The minimum atomic E-state index is -0.213. The predicted molar refractivity (Wildman–Crippen MR) is 108 cm³/mol. The molecule has 1 unspecified atom stereocenters. The van der Waals surface area contributed by atoms with Gasteiger partial charge in [-0.15, -0.1) is 0 Å². The number of likely N-dealkylation sites (tertiary alicyclic amines) is 1. The average molecular weight is 374 g/mol. The second kappa shape index (κ2) is 8.08. The van der Waals surface area contributed by atoms with E-state index in [9.17, 15) is 9.59 Å². The fraction of sp³-hybridized carbons (Fsp3) is 0.227. The first kappa shape index (κ1) is 18.0. The van der Waals surface area contributed by atoms with Crippen LogP contribution in [-0.4, -0.2) is 40.0 Å². The van der Waals surface area contributed by atoms with Gasteiger partial charge in [-0.2, -0.15) is 5.10 Å². The number of rotatable bonds is 4. The summed E-state index contributed by atoms with van der Waals surface area (Å²) in [6.45, 7) is 1.06. The van der Waals surface area contributed by atoms with E-state index in [4.69, 9.17) is 0 Å². The second-order valence-corrected chi connectivity index (χ2v) is 6.98. The third-order valence-electron chi connectivity index (χ3n) is 5.00. The van der Waals surface area contributed by atoms with Crippen LogP contribution in [-0.2, 0) is 4.79 Å². The Balaban J connectivity index is 1.42. The minimum Gasteiger partial charge on any atom is -0.337 e. The number of amides is 2. The second-order valence-electron chi connectivity index (χ2n) is 6.98. The van der Waals surface area contributed by atoms with Crippen LogP contribution in [0.4, 0.5) is 5.69 Å². The van der Waals surface area contributed by atoms with Crippen molar-refractivity contribution in [3.63, 3.8) is 0 Å². The topological polar surface area (TPSA) is 78.1 Å². The van der Waals surface area contributed by atoms with E-state index in [2.05, 4.69) is 15.5 Å². The lowest BCUT2D eigenvalue weighted by atomic mass is 9.96. The Kier molecular flexibility index (Phi) is 5.19. The zero-order valence-corrected chi connectivity index (χ0v) is 15.5. The number of piperidine rings is 1. The van der Waals surface area contributed by atoms with Crippen molar-refractivity contribution in [3.05, 3.63) is 72.4 Å². The molecule has 1 aromatic heterocycles. The Morgan fingerprint density at radius 1 is 1.04 bits per heavy atom. The van der Waals surface area contributed by atoms with Crippen LogP contribution in [0.15, 0.2) is 66.7 Å². The van der Waals surface area contributed by atoms with Crippen LogP contribution in [0.5, 0.6) is 0 Å². The number of nitrogens with one attached hydrogen (secondary N) is 2. The van der Waals surface area contributed by atoms with E-state index in [1.54, 1.807) is 11.0 Å². The normalized spacial score (nSPS) is 16.6. The molecule has 6 nitrogen and oxygen atoms in total. The molecule has 1 fully saturated rings. The molecule has 28 heavy (non-hydrogen) atoms. The van der Waals surface area contributed by atoms with E-state index < -0.39 is 0 Å². The summed E-state index contributed by atoms with van der Waals surface area (Å²) in [5, 5.41) is 10.0. The number of para-hydroxylation sites is 1. The summed E-state index contributed by atoms with van der Waals surface area (Å²) in [6, 6.07) is 20.9. The van der Waals surface area contributed by atoms with Crippen molar-refractivity contribution in [1.29, 1.82) is 0 Å². The monoisotopic (exact) mass is 374 g/mol. The molecular formula is C22H22N4O2. The van der Waals surface area contributed by atoms with E-state index in [0.717, 1.165) is 29.8 Å². The number of aromatic nitrogens is 2. The van der Waals surface area contributed by atoms with Crippen LogP contribution in [0.2, 0.25) is 0 Å². The number of hydrogen-bond donors (Lipinski definition) is 2. The predicted octanol–water partition coefficient (Wildman–Crippen LogP) is 3.57. The van der Waals surface area contributed by atoms with Crippen LogP contribution in [0.25, 0.3) is 11.3 Å². The molecule has 2 heterocycles. The van der Waals surface area contributed by atoms with Crippen LogP contribution in [0.1, 0.15) is 23.3 Å². The fourth-order valence-electron chi connectivity index (χ4n) is 3.50. The van der Waals surface area contributed by atoms with Crippen molar-refractivity contribution < 1.29 is 9.59 Å². The number of carbonyl (C=O) groups is 2. The van der Waals surface area contributed by atoms with Crippen LogP contribution < -0.4 is 5.32 Å². The number of carbonyl (C=O) groups excluding carboxylic acids is 2. The smallest absolute Gasteiger partial charge is 0.271 e. The zero-order valence-electron chi connectivity index (χ0n) is 15.5. The molecule has 142 valence electrons. The third-order valence-corrected chi connectivity index (χ3v) is 5.00. The number of nitrogens with zero attached hydrogens (tertiary/aromatic N) is 2. The van der Waals surface area contributed by atoms with Gasteiger partial charge in [0.1, 0.15) is 5.69 Å². The van der Waals surface area contributed by atoms with Crippen molar-refractivity contribution in [3.8, 4) is 11.3 Å². The summed E-state index contributed by atoms with van der Waals surface area (Å²) in [7, 11) is 0. The van der Waals surface area contributed by atoms with Crippen molar-refractivity contribution in [1.82, 2.24) is 15.1 Å². The van der Waals surface area contributed by atoms with Gasteiger partial charge in [0.2, 0.25) is 5.91 Å². The highest BCUT2D eigenvalue weighted by atomic mass is 16.2. The van der Waals surface area contributed by atoms with Gasteiger partial charge < -0.3 is 10.2 Å². The molecule has 0 spiro atoms. The van der Waals surface area contributed by atoms with Gasteiger partial charge >= 0.3 is 0 Å². The van der Waals surface area contributed by atoms with Gasteiger partial charge in [0, 0.05) is 24.3 Å². The van der Waals surface area contributed by atoms with Gasteiger partial charge in [0.15, 0.2) is 0 Å². The number of H-pyrrole nitrogens is 1. The first-order valence-corrected chi connectivity index (χ1v) is 9.47. The first-order chi connectivity index (χ1) is 13.7. The van der Waals surface area contributed by atoms with Crippen LogP contribution >= 0.6 is 0 Å². The summed E-state index contributed by atoms with van der Waals surface area (Å²) in [6.07, 6.45) is 1.58. The molecule has 6 heteroatoms. The quantitative estimate of drug-likeness (QED) is 0.733. The number of hydrogen-bond acceptors (Lipinski definition) is 3. The molecule has 1 aliphatic rings. The molecule has 0 bridgehead atoms. The number of benzene rings is 2. The summed E-state index contributed by atoms with van der Waals surface area (Å²) in [5.74, 6) is -0.375. The zero-order chi connectivity index (χ0) is 19.3. The van der Waals surface area contributed by atoms with Gasteiger partial charge in [-0.3, -0.25) is 14.7 Å². The third kappa shape index (κ3) is 3.96. The van der Waals surface area contributed by atoms with Crippen LogP contribution in [0.3, 0.4) is 0 Å². The highest BCUT2D eigenvalue weighted by Gasteiger charge is 2.29. The number of aromatic amines is 1. The maximum Gasteiger partial charge on any atom is 0.271 e. The van der Waals surface area contributed by atoms with Crippen LogP contribution in [0, 0.1) is 5.92 Å². The Morgan fingerprint density at radius 2 is 1.75 bits per heavy atom. The lowest BCUT2D eigenvalue weighted by Gasteiger charge is -2.31. The summed E-state index contributed by atoms with van der Waals surface area (Å²) < 4.78 is 0. The van der Waals surface area contributed by atoms with Gasteiger partial charge in [-0.1, -0.05) is 48.5 Å². The lowest BCUT2D eigenvalue weighted by molar-refractivity contribution is -0.121. The summed E-state index contributed by atoms with van der Waals surface area (Å²) >= 11 is 0. The van der Waals surface area contributed by atoms with E-state index in [-0.39, 0.29) is 17.7 Å². The van der Waals surface area contributed by atoms with Crippen molar-refractivity contribution in [2.45, 2.75) is 12.8 Å². The maximum atomic E-state index is 12.9. The van der Waals surface area contributed by atoms with E-state index in [0.29, 0.717) is 18.8 Å². The Hall–Kier alpha value is -3.41. The Morgan fingerprint density at radius 3 is 2.50 bits per heavy atom. The van der Waals surface area contributed by atoms with E-state index in [1.165, 1.54) is 0 Å². The average Bonchev–Trinajstić information content (AvgIpc) is 3.25. The molecule has 4 rings (SSSR count). The molecule has 1 aliphatic heterocycles. The van der Waals surface area contributed by atoms with Crippen molar-refractivity contribution in [2.24, 2.45) is 5.92 Å². The molecule has 0 radical (unpaired) electrons. The maximum absolute atomic E-state index is 12.9. The van der Waals surface area contributed by atoms with Gasteiger partial charge in [-0.25, -0.2) is 0 Å². The van der Waals surface area contributed by atoms with Gasteiger partial charge in [0.05, 0.1) is 11.6 Å². The summed E-state index contributed by atoms with van der Waals surface area (Å²) in [4.78, 5) is 27.2. The number of anilines is 1. The first-order valence-electron chi connectivity index (χ1n) is 9.47. The molecule has 1 atom stereocenters. The Bertz CT molecular complexity index is 953. The van der Waals surface area contributed by atoms with Gasteiger partial charge in [0.25, 0.3) is 5.91 Å². The summed E-state index contributed by atoms with van der Waals surface area (Å²) in [5.41, 5.74) is 2.91. The van der Waals surface area contributed by atoms with E-state index in [1.807, 2.05) is 60.7 Å². The molecule has 1 saturated heterocycles. The van der Waals surface area contributed by atoms with Gasteiger partial charge in [-0.05, 0) is 31.0 Å². The molecular weight excluding hydrogens is 352 g/mol. The fourth-order valence-corrected chi connectivity index (χ4v) is 3.50. The van der Waals surface area contributed by atoms with E-state index >= 15 is 0 Å². The molecule has 2 aromatic carbocycles. The molecule has 0 saturated carbocycles. The molecule has 2 N–H and O–H groups in total. The molecule has 0 aliphatic carbocycles. The molecule has 3 aromatic rings. The largest absolute Gasteiger partial charge is 0.337 e. The highest BCUT2D eigenvalue weighted by Crippen LogP contribution is 2.22. The highest BCUT2D eigenvalue weighted by molar-refractivity contribution is 5.95.